The van der Waals surface area contributed by atoms with E-state index in [2.05, 4.69) is 44.6 Å². The maximum Gasteiger partial charge on any atom is 0.0469 e. The molecule has 0 aromatic rings. The Balaban J connectivity index is 2.18. The summed E-state index contributed by atoms with van der Waals surface area (Å²) in [5.41, 5.74) is 1.43. The van der Waals surface area contributed by atoms with Gasteiger partial charge >= 0.3 is 0 Å². The van der Waals surface area contributed by atoms with Crippen molar-refractivity contribution in [3.63, 3.8) is 0 Å². The van der Waals surface area contributed by atoms with E-state index >= 15 is 0 Å². The van der Waals surface area contributed by atoms with Crippen LogP contribution in [0.4, 0.5) is 0 Å². The first-order valence-corrected chi connectivity index (χ1v) is 7.05. The van der Waals surface area contributed by atoms with Crippen LogP contribution in [0.5, 0.6) is 0 Å². The Kier molecular flexibility index (Phi) is 6.33. The molecule has 1 fully saturated rings. The van der Waals surface area contributed by atoms with E-state index in [-0.39, 0.29) is 5.54 Å². The van der Waals surface area contributed by atoms with Crippen LogP contribution in [0.15, 0.2) is 12.2 Å². The Morgan fingerprint density at radius 3 is 2.50 bits per heavy atom. The Hall–Kier alpha value is -0.380. The van der Waals surface area contributed by atoms with Gasteiger partial charge in [-0.2, -0.15) is 0 Å². The molecule has 0 aromatic heterocycles. The maximum atomic E-state index is 5.39. The zero-order valence-corrected chi connectivity index (χ0v) is 12.6. The van der Waals surface area contributed by atoms with Crippen LogP contribution in [0.1, 0.15) is 33.6 Å². The molecule has 1 N–H and O–H groups in total. The summed E-state index contributed by atoms with van der Waals surface area (Å²) in [6.45, 7) is 15.6. The molecule has 3 heteroatoms. The minimum atomic E-state index is 0.169. The van der Waals surface area contributed by atoms with Gasteiger partial charge in [0.2, 0.25) is 0 Å². The predicted octanol–water partition coefficient (Wildman–Crippen LogP) is 2.29. The van der Waals surface area contributed by atoms with Crippen molar-refractivity contribution in [3.8, 4) is 0 Å². The third-order valence-corrected chi connectivity index (χ3v) is 3.27. The van der Waals surface area contributed by atoms with Gasteiger partial charge in [-0.1, -0.05) is 6.58 Å². The van der Waals surface area contributed by atoms with Crippen LogP contribution >= 0.6 is 0 Å². The molecule has 18 heavy (non-hydrogen) atoms. The molecule has 0 bridgehead atoms. The molecule has 1 heterocycles. The smallest absolute Gasteiger partial charge is 0.0469 e. The highest BCUT2D eigenvalue weighted by molar-refractivity contribution is 5.00. The monoisotopic (exact) mass is 254 g/mol. The van der Waals surface area contributed by atoms with Gasteiger partial charge in [0.05, 0.1) is 0 Å². The number of hydrogen-bond donors (Lipinski definition) is 1. The van der Waals surface area contributed by atoms with Crippen molar-refractivity contribution in [2.75, 3.05) is 39.9 Å². The minimum Gasteiger partial charge on any atom is -0.381 e. The van der Waals surface area contributed by atoms with Gasteiger partial charge in [-0.3, -0.25) is 0 Å². The fraction of sp³-hybridized carbons (Fsp3) is 0.867. The summed E-state index contributed by atoms with van der Waals surface area (Å²) >= 11 is 0. The quantitative estimate of drug-likeness (QED) is 0.736. The Morgan fingerprint density at radius 2 is 1.94 bits per heavy atom. The van der Waals surface area contributed by atoms with Gasteiger partial charge in [0.1, 0.15) is 0 Å². The largest absolute Gasteiger partial charge is 0.381 e. The summed E-state index contributed by atoms with van der Waals surface area (Å²) in [5, 5.41) is 3.48. The molecule has 0 spiro atoms. The van der Waals surface area contributed by atoms with E-state index in [4.69, 9.17) is 4.74 Å². The number of nitrogens with zero attached hydrogens (tertiary/aromatic N) is 1. The SMILES string of the molecule is C=C(CNC(C)(C)C)CN(C)CC1CCOCC1. The van der Waals surface area contributed by atoms with Crippen molar-refractivity contribution in [3.05, 3.63) is 12.2 Å². The van der Waals surface area contributed by atoms with Crippen LogP contribution in [-0.4, -0.2) is 50.3 Å². The van der Waals surface area contributed by atoms with E-state index in [1.807, 2.05) is 0 Å². The summed E-state index contributed by atoms with van der Waals surface area (Å²) in [4.78, 5) is 2.39. The fourth-order valence-corrected chi connectivity index (χ4v) is 2.26. The molecule has 0 aromatic carbocycles. The second-order valence-electron chi connectivity index (χ2n) is 6.61. The fourth-order valence-electron chi connectivity index (χ4n) is 2.26. The van der Waals surface area contributed by atoms with E-state index in [0.717, 1.165) is 38.8 Å². The number of rotatable bonds is 6. The first kappa shape index (κ1) is 15.7. The van der Waals surface area contributed by atoms with Gasteiger partial charge in [0, 0.05) is 38.4 Å². The van der Waals surface area contributed by atoms with Crippen LogP contribution in [-0.2, 0) is 4.74 Å². The van der Waals surface area contributed by atoms with Gasteiger partial charge in [-0.15, -0.1) is 0 Å². The lowest BCUT2D eigenvalue weighted by molar-refractivity contribution is 0.0566. The average Bonchev–Trinajstić information content (AvgIpc) is 2.26. The molecular formula is C15H30N2O. The summed E-state index contributed by atoms with van der Waals surface area (Å²) in [6, 6.07) is 0. The van der Waals surface area contributed by atoms with Crippen LogP contribution in [0.3, 0.4) is 0 Å². The van der Waals surface area contributed by atoms with E-state index in [9.17, 15) is 0 Å². The molecule has 1 rings (SSSR count). The van der Waals surface area contributed by atoms with Gasteiger partial charge in [0.15, 0.2) is 0 Å². The zero-order chi connectivity index (χ0) is 13.6. The molecule has 0 unspecified atom stereocenters. The van der Waals surface area contributed by atoms with Crippen molar-refractivity contribution in [1.82, 2.24) is 10.2 Å². The molecule has 0 radical (unpaired) electrons. The number of ether oxygens (including phenoxy) is 1. The number of hydrogen-bond acceptors (Lipinski definition) is 3. The summed E-state index contributed by atoms with van der Waals surface area (Å²) in [6.07, 6.45) is 2.41. The summed E-state index contributed by atoms with van der Waals surface area (Å²) in [7, 11) is 2.19. The van der Waals surface area contributed by atoms with E-state index < -0.39 is 0 Å². The van der Waals surface area contributed by atoms with Gasteiger partial charge < -0.3 is 15.0 Å². The Bertz CT molecular complexity index is 252. The number of nitrogens with one attached hydrogen (secondary N) is 1. The van der Waals surface area contributed by atoms with Crippen LogP contribution < -0.4 is 5.32 Å². The Morgan fingerprint density at radius 1 is 1.33 bits per heavy atom. The standard InChI is InChI=1S/C15H30N2O/c1-13(10-16-15(2,3)4)11-17(5)12-14-6-8-18-9-7-14/h14,16H,1,6-12H2,2-5H3. The van der Waals surface area contributed by atoms with E-state index in [1.54, 1.807) is 0 Å². The van der Waals surface area contributed by atoms with E-state index in [1.165, 1.54) is 18.4 Å². The molecule has 0 atom stereocenters. The van der Waals surface area contributed by atoms with Gasteiger partial charge in [-0.25, -0.2) is 0 Å². The Labute approximate surface area is 113 Å². The van der Waals surface area contributed by atoms with Crippen molar-refractivity contribution >= 4 is 0 Å². The van der Waals surface area contributed by atoms with Crippen molar-refractivity contribution in [2.45, 2.75) is 39.2 Å². The molecule has 1 aliphatic heterocycles. The molecule has 0 saturated carbocycles. The topological polar surface area (TPSA) is 24.5 Å². The third-order valence-electron chi connectivity index (χ3n) is 3.27. The van der Waals surface area contributed by atoms with Crippen LogP contribution in [0.25, 0.3) is 0 Å². The zero-order valence-electron chi connectivity index (χ0n) is 12.6. The minimum absolute atomic E-state index is 0.169. The lowest BCUT2D eigenvalue weighted by Crippen LogP contribution is -2.39. The highest BCUT2D eigenvalue weighted by Gasteiger charge is 2.16. The first-order valence-electron chi connectivity index (χ1n) is 7.05. The third kappa shape index (κ3) is 7.14. The second-order valence-corrected chi connectivity index (χ2v) is 6.61. The summed E-state index contributed by atoms with van der Waals surface area (Å²) < 4.78 is 5.39. The first-order chi connectivity index (χ1) is 8.37. The molecular weight excluding hydrogens is 224 g/mol. The molecule has 106 valence electrons. The highest BCUT2D eigenvalue weighted by Crippen LogP contribution is 2.15. The van der Waals surface area contributed by atoms with Crippen molar-refractivity contribution in [2.24, 2.45) is 5.92 Å². The lowest BCUT2D eigenvalue weighted by Gasteiger charge is -2.28. The molecule has 0 amide bonds. The van der Waals surface area contributed by atoms with E-state index in [0.29, 0.717) is 0 Å². The van der Waals surface area contributed by atoms with Crippen LogP contribution in [0.2, 0.25) is 0 Å². The summed E-state index contributed by atoms with van der Waals surface area (Å²) in [5.74, 6) is 0.798. The van der Waals surface area contributed by atoms with Crippen LogP contribution in [0, 0.1) is 5.92 Å². The van der Waals surface area contributed by atoms with Gasteiger partial charge in [0.25, 0.3) is 0 Å². The van der Waals surface area contributed by atoms with Gasteiger partial charge in [-0.05, 0) is 52.2 Å². The molecule has 1 aliphatic rings. The van der Waals surface area contributed by atoms with Crippen molar-refractivity contribution in [1.29, 1.82) is 0 Å². The average molecular weight is 254 g/mol. The van der Waals surface area contributed by atoms with Crippen molar-refractivity contribution < 1.29 is 4.74 Å². The number of likely N-dealkylation sites (N-methyl/N-ethyl adjacent to an activating group) is 1. The molecule has 3 nitrogen and oxygen atoms in total. The predicted molar refractivity (Wildman–Crippen MR) is 77.9 cm³/mol. The normalized spacial score (nSPS) is 18.3. The lowest BCUT2D eigenvalue weighted by atomic mass is 10.00. The molecule has 0 aliphatic carbocycles. The molecule has 1 saturated heterocycles. The second kappa shape index (κ2) is 7.27. The maximum absolute atomic E-state index is 5.39. The highest BCUT2D eigenvalue weighted by atomic mass is 16.5.